The van der Waals surface area contributed by atoms with Crippen molar-refractivity contribution in [3.8, 4) is 0 Å². The molecule has 0 aliphatic heterocycles. The van der Waals surface area contributed by atoms with Crippen molar-refractivity contribution in [1.29, 1.82) is 0 Å². The Morgan fingerprint density at radius 2 is 0.408 bits per heavy atom. The molecule has 0 aliphatic carbocycles. The molecule has 13 heteroatoms. The zero-order chi connectivity index (χ0) is 37.2. The molecule has 12 unspecified atom stereocenters. The molecule has 0 bridgehead atoms. The van der Waals surface area contributed by atoms with Crippen LogP contribution in [0.5, 0.6) is 0 Å². The zero-order valence-electron chi connectivity index (χ0n) is 32.8. The lowest BCUT2D eigenvalue weighted by molar-refractivity contribution is -0.113. The van der Waals surface area contributed by atoms with Crippen LogP contribution in [0.3, 0.4) is 0 Å². The molecule has 2 N–H and O–H groups in total. The third-order valence-electron chi connectivity index (χ3n) is 7.03. The molecule has 0 saturated heterocycles. The molecule has 296 valence electrons. The molecular formula is C36H74O13. The van der Waals surface area contributed by atoms with Crippen LogP contribution in [0.4, 0.5) is 0 Å². The summed E-state index contributed by atoms with van der Waals surface area (Å²) in [5, 5.41) is 18.3. The number of ether oxygens (including phenoxy) is 11. The van der Waals surface area contributed by atoms with Crippen molar-refractivity contribution in [2.24, 2.45) is 0 Å². The fourth-order valence-corrected chi connectivity index (χ4v) is 3.84. The molecule has 0 aromatic rings. The molecule has 12 atom stereocenters. The molecular weight excluding hydrogens is 640 g/mol. The SMILES string of the molecule is CC(O)COC(C)COC(C)COC(C)COC(C)COC(C)COC(C)COC(C)COC(C)COC(C)COC(C)COC(C)CO. The standard InChI is InChI=1S/C36H74O13/c1-25(38)14-39-27(3)16-41-29(5)18-43-31(7)20-45-33(9)22-47-35(11)24-49-36(12)23-48-34(10)21-46-32(8)19-44-30(6)17-42-28(4)15-40-26(2)13-37/h25-38H,13-24H2,1-12H3. The Balaban J connectivity index is 3.93. The maximum absolute atomic E-state index is 9.30. The Labute approximate surface area is 297 Å². The molecule has 0 heterocycles. The monoisotopic (exact) mass is 715 g/mol. The van der Waals surface area contributed by atoms with Crippen LogP contribution in [-0.4, -0.2) is 163 Å². The largest absolute Gasteiger partial charge is 0.394 e. The maximum atomic E-state index is 9.30. The van der Waals surface area contributed by atoms with E-state index in [1.807, 2.05) is 76.2 Å². The minimum atomic E-state index is -0.488. The second-order valence-electron chi connectivity index (χ2n) is 13.6. The van der Waals surface area contributed by atoms with Crippen molar-refractivity contribution in [2.45, 2.75) is 156 Å². The highest BCUT2D eigenvalue weighted by Gasteiger charge is 2.16. The Bertz CT molecular complexity index is 733. The third-order valence-corrected chi connectivity index (χ3v) is 7.03. The van der Waals surface area contributed by atoms with Crippen LogP contribution in [-0.2, 0) is 52.1 Å². The third kappa shape index (κ3) is 30.8. The predicted molar refractivity (Wildman–Crippen MR) is 188 cm³/mol. The van der Waals surface area contributed by atoms with Crippen molar-refractivity contribution in [3.63, 3.8) is 0 Å². The van der Waals surface area contributed by atoms with Gasteiger partial charge in [-0.25, -0.2) is 0 Å². The van der Waals surface area contributed by atoms with Gasteiger partial charge in [-0.1, -0.05) is 0 Å². The van der Waals surface area contributed by atoms with Gasteiger partial charge in [0.15, 0.2) is 0 Å². The van der Waals surface area contributed by atoms with E-state index < -0.39 is 6.10 Å². The molecule has 0 rings (SSSR count). The highest BCUT2D eigenvalue weighted by molar-refractivity contribution is 4.61. The van der Waals surface area contributed by atoms with Gasteiger partial charge < -0.3 is 62.3 Å². The summed E-state index contributed by atoms with van der Waals surface area (Å²) in [4.78, 5) is 0. The van der Waals surface area contributed by atoms with Gasteiger partial charge in [0.05, 0.1) is 153 Å². The molecule has 0 aromatic heterocycles. The van der Waals surface area contributed by atoms with E-state index in [0.29, 0.717) is 72.7 Å². The summed E-state index contributed by atoms with van der Waals surface area (Å²) in [6, 6.07) is 0. The van der Waals surface area contributed by atoms with E-state index in [1.54, 1.807) is 6.92 Å². The van der Waals surface area contributed by atoms with E-state index in [9.17, 15) is 5.11 Å². The second-order valence-corrected chi connectivity index (χ2v) is 13.6. The van der Waals surface area contributed by atoms with Gasteiger partial charge in [0.1, 0.15) is 0 Å². The molecule has 0 spiro atoms. The van der Waals surface area contributed by atoms with E-state index in [4.69, 9.17) is 57.2 Å². The van der Waals surface area contributed by atoms with Crippen molar-refractivity contribution < 1.29 is 62.3 Å². The molecule has 0 amide bonds. The summed E-state index contributed by atoms with van der Waals surface area (Å²) in [7, 11) is 0. The summed E-state index contributed by atoms with van der Waals surface area (Å²) in [5.74, 6) is 0. The Hall–Kier alpha value is -0.520. The van der Waals surface area contributed by atoms with Gasteiger partial charge in [0.2, 0.25) is 0 Å². The topological polar surface area (TPSA) is 142 Å². The number of hydrogen-bond acceptors (Lipinski definition) is 13. The van der Waals surface area contributed by atoms with Crippen LogP contribution in [0.25, 0.3) is 0 Å². The van der Waals surface area contributed by atoms with E-state index in [-0.39, 0.29) is 73.8 Å². The van der Waals surface area contributed by atoms with Crippen molar-refractivity contribution in [2.75, 3.05) is 79.3 Å². The van der Waals surface area contributed by atoms with Crippen molar-refractivity contribution >= 4 is 0 Å². The highest BCUT2D eigenvalue weighted by atomic mass is 16.6. The molecule has 13 nitrogen and oxygen atoms in total. The van der Waals surface area contributed by atoms with Crippen LogP contribution in [0.2, 0.25) is 0 Å². The summed E-state index contributed by atoms with van der Waals surface area (Å²) in [6.45, 7) is 27.9. The lowest BCUT2D eigenvalue weighted by Gasteiger charge is -2.23. The summed E-state index contributed by atoms with van der Waals surface area (Å²) >= 11 is 0. The summed E-state index contributed by atoms with van der Waals surface area (Å²) < 4.78 is 63.8. The maximum Gasteiger partial charge on any atom is 0.0781 e. The lowest BCUT2D eigenvalue weighted by Crippen LogP contribution is -2.31. The van der Waals surface area contributed by atoms with Gasteiger partial charge in [-0.3, -0.25) is 0 Å². The summed E-state index contributed by atoms with van der Waals surface area (Å²) in [5.41, 5.74) is 0. The second kappa shape index (κ2) is 30.0. The number of hydrogen-bond donors (Lipinski definition) is 2. The first-order valence-corrected chi connectivity index (χ1v) is 18.2. The number of aliphatic hydroxyl groups is 2. The van der Waals surface area contributed by atoms with E-state index >= 15 is 0 Å². The lowest BCUT2D eigenvalue weighted by atomic mass is 10.3. The molecule has 0 aromatic carbocycles. The fraction of sp³-hybridized carbons (Fsp3) is 1.00. The molecule has 49 heavy (non-hydrogen) atoms. The average Bonchev–Trinajstić information content (AvgIpc) is 3.07. The quantitative estimate of drug-likeness (QED) is 0.0999. The molecule has 0 fully saturated rings. The van der Waals surface area contributed by atoms with Gasteiger partial charge in [0.25, 0.3) is 0 Å². The molecule has 0 radical (unpaired) electrons. The van der Waals surface area contributed by atoms with E-state index in [0.717, 1.165) is 0 Å². The minimum absolute atomic E-state index is 0.00643. The Morgan fingerprint density at radius 1 is 0.265 bits per heavy atom. The van der Waals surface area contributed by atoms with E-state index in [2.05, 4.69) is 0 Å². The Kier molecular flexibility index (Phi) is 29.7. The van der Waals surface area contributed by atoms with Gasteiger partial charge in [-0.15, -0.1) is 0 Å². The van der Waals surface area contributed by atoms with Crippen LogP contribution in [0.15, 0.2) is 0 Å². The number of aliphatic hydroxyl groups excluding tert-OH is 2. The van der Waals surface area contributed by atoms with Crippen molar-refractivity contribution in [1.82, 2.24) is 0 Å². The average molecular weight is 715 g/mol. The van der Waals surface area contributed by atoms with Crippen LogP contribution in [0.1, 0.15) is 83.1 Å². The summed E-state index contributed by atoms with van der Waals surface area (Å²) in [6.07, 6.45) is -1.54. The fourth-order valence-electron chi connectivity index (χ4n) is 3.84. The smallest absolute Gasteiger partial charge is 0.0781 e. The minimum Gasteiger partial charge on any atom is -0.394 e. The molecule has 0 saturated carbocycles. The van der Waals surface area contributed by atoms with Gasteiger partial charge in [-0.2, -0.15) is 0 Å². The first-order valence-electron chi connectivity index (χ1n) is 18.2. The first kappa shape index (κ1) is 48.5. The number of rotatable bonds is 34. The van der Waals surface area contributed by atoms with Gasteiger partial charge in [-0.05, 0) is 83.1 Å². The normalized spacial score (nSPS) is 19.7. The van der Waals surface area contributed by atoms with E-state index in [1.165, 1.54) is 0 Å². The van der Waals surface area contributed by atoms with Gasteiger partial charge >= 0.3 is 0 Å². The highest BCUT2D eigenvalue weighted by Crippen LogP contribution is 2.07. The Morgan fingerprint density at radius 3 is 0.551 bits per heavy atom. The predicted octanol–water partition coefficient (Wildman–Crippen LogP) is 3.82. The zero-order valence-corrected chi connectivity index (χ0v) is 32.8. The first-order chi connectivity index (χ1) is 23.1. The molecule has 0 aliphatic rings. The van der Waals surface area contributed by atoms with Crippen molar-refractivity contribution in [3.05, 3.63) is 0 Å². The van der Waals surface area contributed by atoms with Crippen LogP contribution < -0.4 is 0 Å². The van der Waals surface area contributed by atoms with Crippen LogP contribution >= 0.6 is 0 Å². The van der Waals surface area contributed by atoms with Gasteiger partial charge in [0, 0.05) is 0 Å². The van der Waals surface area contributed by atoms with Crippen LogP contribution in [0, 0.1) is 0 Å².